The molecule has 0 saturated carbocycles. The van der Waals surface area contributed by atoms with Crippen molar-refractivity contribution in [3.8, 4) is 5.75 Å². The van der Waals surface area contributed by atoms with Crippen LogP contribution in [0.25, 0.3) is 0 Å². The minimum atomic E-state index is -3.47. The molecule has 4 N–H and O–H groups in total. The normalized spacial score (nSPS) is 28.1. The number of benzene rings is 1. The molecule has 1 aromatic rings. The number of aromatic hydroxyl groups is 1. The Kier molecular flexibility index (Phi) is 6.43. The highest BCUT2D eigenvalue weighted by Crippen LogP contribution is 2.41. The number of aliphatic hydroxyl groups is 1. The molecule has 0 bridgehead atoms. The number of β-amino-alcohol motifs (C(OH)–C–C–N with tert-alkyl or cyclic N) is 1. The van der Waals surface area contributed by atoms with Gasteiger partial charge in [-0.25, -0.2) is 13.1 Å². The molecule has 2 aliphatic rings. The van der Waals surface area contributed by atoms with Crippen LogP contribution >= 0.6 is 23.2 Å². The molecule has 1 amide bonds. The number of nitrogens with zero attached hydrogens (tertiary/aromatic N) is 1. The first kappa shape index (κ1) is 21.6. The molecule has 0 aromatic heterocycles. The second kappa shape index (κ2) is 8.33. The first-order valence-electron chi connectivity index (χ1n) is 8.88. The van der Waals surface area contributed by atoms with Crippen LogP contribution in [0.5, 0.6) is 5.75 Å². The predicted molar refractivity (Wildman–Crippen MR) is 106 cm³/mol. The molecule has 2 heterocycles. The first-order chi connectivity index (χ1) is 13.0. The maximum atomic E-state index is 12.6. The molecule has 0 radical (unpaired) electrons. The summed E-state index contributed by atoms with van der Waals surface area (Å²) in [6.07, 6.45) is 0.933. The average molecular weight is 452 g/mol. The van der Waals surface area contributed by atoms with Crippen LogP contribution in [0.3, 0.4) is 0 Å². The van der Waals surface area contributed by atoms with E-state index >= 15 is 0 Å². The van der Waals surface area contributed by atoms with Gasteiger partial charge in [0.05, 0.1) is 28.4 Å². The summed E-state index contributed by atoms with van der Waals surface area (Å²) < 4.78 is 25.1. The fourth-order valence-electron chi connectivity index (χ4n) is 3.83. The largest absolute Gasteiger partial charge is 0.508 e. The van der Waals surface area contributed by atoms with E-state index in [2.05, 4.69) is 10.0 Å². The molecule has 2 saturated heterocycles. The van der Waals surface area contributed by atoms with Crippen LogP contribution in [0.4, 0.5) is 0 Å². The maximum Gasteiger partial charge on any atom is 0.223 e. The van der Waals surface area contributed by atoms with Crippen molar-refractivity contribution in [1.29, 1.82) is 0 Å². The Hall–Kier alpha value is -1.10. The van der Waals surface area contributed by atoms with Gasteiger partial charge in [-0.1, -0.05) is 23.2 Å². The molecule has 28 heavy (non-hydrogen) atoms. The van der Waals surface area contributed by atoms with Crippen LogP contribution in [0, 0.1) is 5.92 Å². The van der Waals surface area contributed by atoms with Crippen molar-refractivity contribution >= 4 is 39.1 Å². The van der Waals surface area contributed by atoms with Crippen LogP contribution in [0.1, 0.15) is 24.4 Å². The molecule has 1 aromatic carbocycles. The number of hydrogen-bond acceptors (Lipinski definition) is 6. The van der Waals surface area contributed by atoms with E-state index in [0.717, 1.165) is 6.26 Å². The summed E-state index contributed by atoms with van der Waals surface area (Å²) in [4.78, 5) is 14.1. The van der Waals surface area contributed by atoms with Gasteiger partial charge in [0.1, 0.15) is 5.75 Å². The van der Waals surface area contributed by atoms with E-state index < -0.39 is 22.2 Å². The molecule has 2 aliphatic heterocycles. The number of rotatable bonds is 5. The van der Waals surface area contributed by atoms with Crippen molar-refractivity contribution in [2.24, 2.45) is 5.92 Å². The number of phenols is 1. The lowest BCUT2D eigenvalue weighted by molar-refractivity contribution is -0.131. The van der Waals surface area contributed by atoms with Crippen LogP contribution in [-0.4, -0.2) is 67.5 Å². The molecule has 0 spiro atoms. The third kappa shape index (κ3) is 4.90. The number of phenolic OH excluding ortho intramolecular Hbond substituents is 1. The quantitative estimate of drug-likeness (QED) is 0.526. The summed E-state index contributed by atoms with van der Waals surface area (Å²) in [7, 11) is -3.47. The zero-order chi connectivity index (χ0) is 20.6. The van der Waals surface area contributed by atoms with E-state index in [9.17, 15) is 23.4 Å². The van der Waals surface area contributed by atoms with Crippen molar-refractivity contribution < 1.29 is 23.4 Å². The molecule has 4 atom stereocenters. The van der Waals surface area contributed by atoms with E-state index in [0.29, 0.717) is 28.6 Å². The van der Waals surface area contributed by atoms with E-state index in [1.165, 1.54) is 17.0 Å². The van der Waals surface area contributed by atoms with Gasteiger partial charge < -0.3 is 20.4 Å². The number of carbonyl (C=O) groups excluding carboxylic acids is 1. The van der Waals surface area contributed by atoms with Gasteiger partial charge in [0.2, 0.25) is 15.9 Å². The zero-order valence-electron chi connectivity index (χ0n) is 15.2. The smallest absolute Gasteiger partial charge is 0.223 e. The molecular weight excluding hydrogens is 429 g/mol. The minimum Gasteiger partial charge on any atom is -0.508 e. The summed E-state index contributed by atoms with van der Waals surface area (Å²) in [5.41, 5.74) is 0.526. The standard InChI is InChI=1S/C17H23Cl2N3O5S/c1-28(26,27)21-12-7-22(8-14(12)24)15(25)5-9-4-11(20-6-9)16-13(23)3-2-10(18)17(16)19/h2-3,9,11-12,14,20-21,23-24H,4-8H2,1H3/t9-,11+,12-,14-/m0/s1. The van der Waals surface area contributed by atoms with Gasteiger partial charge in [0, 0.05) is 31.1 Å². The predicted octanol–water partition coefficient (Wildman–Crippen LogP) is 0.861. The summed E-state index contributed by atoms with van der Waals surface area (Å²) >= 11 is 12.3. The SMILES string of the molecule is CS(=O)(=O)N[C@H]1CN(C(=O)C[C@H]2CN[C@@H](c3c(O)ccc(Cl)c3Cl)C2)C[C@@H]1O. The Morgan fingerprint density at radius 1 is 1.36 bits per heavy atom. The number of hydrogen-bond donors (Lipinski definition) is 4. The Morgan fingerprint density at radius 2 is 2.07 bits per heavy atom. The summed E-state index contributed by atoms with van der Waals surface area (Å²) in [5.74, 6) is -0.0760. The Labute approximate surface area is 173 Å². The Morgan fingerprint density at radius 3 is 2.75 bits per heavy atom. The number of carbonyl (C=O) groups is 1. The topological polar surface area (TPSA) is 119 Å². The van der Waals surface area contributed by atoms with Crippen molar-refractivity contribution in [3.63, 3.8) is 0 Å². The van der Waals surface area contributed by atoms with Gasteiger partial charge in [0.15, 0.2) is 0 Å². The fourth-order valence-corrected chi connectivity index (χ4v) is 5.07. The minimum absolute atomic E-state index is 0.0195. The van der Waals surface area contributed by atoms with Gasteiger partial charge in [-0.05, 0) is 31.0 Å². The number of halogens is 2. The van der Waals surface area contributed by atoms with Crippen LogP contribution in [-0.2, 0) is 14.8 Å². The lowest BCUT2D eigenvalue weighted by Gasteiger charge is -2.19. The van der Waals surface area contributed by atoms with E-state index in [-0.39, 0.29) is 43.1 Å². The van der Waals surface area contributed by atoms with E-state index in [1.54, 1.807) is 0 Å². The zero-order valence-corrected chi connectivity index (χ0v) is 17.6. The van der Waals surface area contributed by atoms with Gasteiger partial charge in [0.25, 0.3) is 0 Å². The van der Waals surface area contributed by atoms with Crippen molar-refractivity contribution in [3.05, 3.63) is 27.7 Å². The number of aliphatic hydroxyl groups excluding tert-OH is 1. The fraction of sp³-hybridized carbons (Fsp3) is 0.588. The molecule has 8 nitrogen and oxygen atoms in total. The summed E-state index contributed by atoms with van der Waals surface area (Å²) in [6, 6.07) is 2.10. The lowest BCUT2D eigenvalue weighted by Crippen LogP contribution is -2.42. The molecule has 156 valence electrons. The third-order valence-corrected chi connectivity index (χ3v) is 6.70. The molecule has 0 aliphatic carbocycles. The van der Waals surface area contributed by atoms with Gasteiger partial charge in [-0.15, -0.1) is 0 Å². The monoisotopic (exact) mass is 451 g/mol. The molecule has 2 fully saturated rings. The van der Waals surface area contributed by atoms with E-state index in [4.69, 9.17) is 23.2 Å². The molecule has 11 heteroatoms. The second-order valence-corrected chi connectivity index (χ2v) is 9.99. The average Bonchev–Trinajstić information content (AvgIpc) is 3.17. The highest BCUT2D eigenvalue weighted by atomic mass is 35.5. The number of likely N-dealkylation sites (tertiary alicyclic amines) is 1. The summed E-state index contributed by atoms with van der Waals surface area (Å²) in [5, 5.41) is 24.1. The highest BCUT2D eigenvalue weighted by Gasteiger charge is 2.37. The Bertz CT molecular complexity index is 867. The highest BCUT2D eigenvalue weighted by molar-refractivity contribution is 7.88. The Balaban J connectivity index is 1.59. The van der Waals surface area contributed by atoms with Gasteiger partial charge in [-0.3, -0.25) is 4.79 Å². The number of amides is 1. The van der Waals surface area contributed by atoms with E-state index in [1.807, 2.05) is 0 Å². The van der Waals surface area contributed by atoms with Crippen LogP contribution in [0.15, 0.2) is 12.1 Å². The maximum absolute atomic E-state index is 12.6. The summed E-state index contributed by atoms with van der Waals surface area (Å²) in [6.45, 7) is 0.800. The van der Waals surface area contributed by atoms with Gasteiger partial charge in [-0.2, -0.15) is 0 Å². The third-order valence-electron chi connectivity index (χ3n) is 5.15. The number of sulfonamides is 1. The van der Waals surface area contributed by atoms with Gasteiger partial charge >= 0.3 is 0 Å². The molecule has 0 unspecified atom stereocenters. The molecular formula is C17H23Cl2N3O5S. The second-order valence-electron chi connectivity index (χ2n) is 7.42. The van der Waals surface area contributed by atoms with Crippen molar-refractivity contribution in [2.45, 2.75) is 31.0 Å². The van der Waals surface area contributed by atoms with Crippen molar-refractivity contribution in [2.75, 3.05) is 25.9 Å². The first-order valence-corrected chi connectivity index (χ1v) is 11.5. The number of nitrogens with one attached hydrogen (secondary N) is 2. The molecule has 3 rings (SSSR count). The lowest BCUT2D eigenvalue weighted by atomic mass is 9.96. The van der Waals surface area contributed by atoms with Crippen LogP contribution < -0.4 is 10.0 Å². The van der Waals surface area contributed by atoms with Crippen molar-refractivity contribution in [1.82, 2.24) is 14.9 Å². The van der Waals surface area contributed by atoms with Crippen LogP contribution in [0.2, 0.25) is 10.0 Å².